The van der Waals surface area contributed by atoms with Gasteiger partial charge in [0.2, 0.25) is 0 Å². The summed E-state index contributed by atoms with van der Waals surface area (Å²) in [6.45, 7) is 9.39. The van der Waals surface area contributed by atoms with E-state index in [1.165, 1.54) is 12.1 Å². The highest BCUT2D eigenvalue weighted by molar-refractivity contribution is 6.00. The van der Waals surface area contributed by atoms with Crippen LogP contribution in [-0.4, -0.2) is 54.5 Å². The quantitative estimate of drug-likeness (QED) is 0.366. The van der Waals surface area contributed by atoms with Gasteiger partial charge in [0.25, 0.3) is 0 Å². The Kier molecular flexibility index (Phi) is 9.67. The Balaban J connectivity index is 2.25. The van der Waals surface area contributed by atoms with E-state index in [4.69, 9.17) is 4.74 Å². The Hall–Kier alpha value is -2.54. The van der Waals surface area contributed by atoms with Gasteiger partial charge in [-0.3, -0.25) is 9.88 Å². The molecule has 164 valence electrons. The Labute approximate surface area is 178 Å². The minimum atomic E-state index is -0.465. The van der Waals surface area contributed by atoms with Gasteiger partial charge in [0.15, 0.2) is 0 Å². The van der Waals surface area contributed by atoms with Crippen molar-refractivity contribution in [2.24, 2.45) is 0 Å². The zero-order valence-electron chi connectivity index (χ0n) is 18.1. The highest BCUT2D eigenvalue weighted by atomic mass is 19.1. The van der Waals surface area contributed by atoms with Crippen LogP contribution in [0.2, 0.25) is 0 Å². The molecule has 2 aromatic rings. The third-order valence-electron chi connectivity index (χ3n) is 5.26. The third kappa shape index (κ3) is 6.49. The molecule has 1 heterocycles. The minimum absolute atomic E-state index is 0.116. The number of halogens is 1. The van der Waals surface area contributed by atoms with E-state index in [0.717, 1.165) is 38.8 Å². The van der Waals surface area contributed by atoms with Crippen LogP contribution in [-0.2, 0) is 9.53 Å². The lowest BCUT2D eigenvalue weighted by Crippen LogP contribution is -2.40. The summed E-state index contributed by atoms with van der Waals surface area (Å²) < 4.78 is 19.1. The number of hydrogen-bond donors (Lipinski definition) is 0. The first-order chi connectivity index (χ1) is 14.5. The Morgan fingerprint density at radius 1 is 1.23 bits per heavy atom. The van der Waals surface area contributed by atoms with Gasteiger partial charge in [-0.15, -0.1) is 0 Å². The summed E-state index contributed by atoms with van der Waals surface area (Å²) in [6.07, 6.45) is 4.50. The highest BCUT2D eigenvalue weighted by Crippen LogP contribution is 2.29. The standard InChI is InChI=1S/C23H32FN3O3/c1-4-26(5-2)14-8-9-18(3)27(23(29)30-16-7-6-15-28)22-12-13-25-21-17-19(24)10-11-20(21)22/h10-13,15,17-18H,4-9,14,16H2,1-3H3. The molecule has 7 heteroatoms. The second-order valence-electron chi connectivity index (χ2n) is 7.30. The van der Waals surface area contributed by atoms with Gasteiger partial charge in [0.05, 0.1) is 17.8 Å². The molecule has 0 saturated carbocycles. The van der Waals surface area contributed by atoms with Gasteiger partial charge in [-0.1, -0.05) is 13.8 Å². The van der Waals surface area contributed by atoms with Crippen molar-refractivity contribution in [1.29, 1.82) is 0 Å². The summed E-state index contributed by atoms with van der Waals surface area (Å²) in [7, 11) is 0. The molecule has 0 radical (unpaired) electrons. The van der Waals surface area contributed by atoms with Gasteiger partial charge in [0.1, 0.15) is 12.1 Å². The topological polar surface area (TPSA) is 62.7 Å². The molecule has 0 saturated heterocycles. The molecule has 1 unspecified atom stereocenters. The molecule has 1 amide bonds. The maximum atomic E-state index is 13.7. The lowest BCUT2D eigenvalue weighted by Gasteiger charge is -2.30. The van der Waals surface area contributed by atoms with Gasteiger partial charge < -0.3 is 14.4 Å². The molecular weight excluding hydrogens is 385 g/mol. The fourth-order valence-electron chi connectivity index (χ4n) is 3.51. The van der Waals surface area contributed by atoms with E-state index < -0.39 is 6.09 Å². The summed E-state index contributed by atoms with van der Waals surface area (Å²) in [6, 6.07) is 6.01. The number of nitrogens with zero attached hydrogens (tertiary/aromatic N) is 3. The molecule has 30 heavy (non-hydrogen) atoms. The van der Waals surface area contributed by atoms with E-state index >= 15 is 0 Å². The van der Waals surface area contributed by atoms with E-state index in [1.54, 1.807) is 23.2 Å². The maximum absolute atomic E-state index is 13.7. The number of anilines is 1. The van der Waals surface area contributed by atoms with Crippen molar-refractivity contribution in [1.82, 2.24) is 9.88 Å². The van der Waals surface area contributed by atoms with Crippen molar-refractivity contribution >= 4 is 29.0 Å². The van der Waals surface area contributed by atoms with E-state index in [1.807, 2.05) is 6.92 Å². The lowest BCUT2D eigenvalue weighted by molar-refractivity contribution is -0.108. The molecule has 6 nitrogen and oxygen atoms in total. The number of hydrogen-bond acceptors (Lipinski definition) is 5. The van der Waals surface area contributed by atoms with E-state index in [0.29, 0.717) is 29.4 Å². The molecule has 0 aliphatic rings. The number of carbonyl (C=O) groups is 2. The van der Waals surface area contributed by atoms with Crippen LogP contribution in [0.15, 0.2) is 30.5 Å². The number of rotatable bonds is 12. The summed E-state index contributed by atoms with van der Waals surface area (Å²) >= 11 is 0. The molecule has 0 N–H and O–H groups in total. The summed E-state index contributed by atoms with van der Waals surface area (Å²) in [4.78, 5) is 31.7. The summed E-state index contributed by atoms with van der Waals surface area (Å²) in [5.74, 6) is -0.373. The second-order valence-corrected chi connectivity index (χ2v) is 7.30. The van der Waals surface area contributed by atoms with Crippen LogP contribution in [0.1, 0.15) is 46.5 Å². The first-order valence-electron chi connectivity index (χ1n) is 10.7. The third-order valence-corrected chi connectivity index (χ3v) is 5.26. The number of unbranched alkanes of at least 4 members (excludes halogenated alkanes) is 1. The summed E-state index contributed by atoms with van der Waals surface area (Å²) in [5.41, 5.74) is 1.14. The van der Waals surface area contributed by atoms with Crippen molar-refractivity contribution in [3.05, 3.63) is 36.3 Å². The molecule has 0 aliphatic carbocycles. The number of carbonyl (C=O) groups excluding carboxylic acids is 2. The smallest absolute Gasteiger partial charge is 0.414 e. The van der Waals surface area contributed by atoms with E-state index in [2.05, 4.69) is 23.7 Å². The van der Waals surface area contributed by atoms with E-state index in [-0.39, 0.29) is 18.5 Å². The molecule has 0 aliphatic heterocycles. The SMILES string of the molecule is CCN(CC)CCCC(C)N(C(=O)OCCCC=O)c1ccnc2cc(F)ccc12. The van der Waals surface area contributed by atoms with Crippen LogP contribution >= 0.6 is 0 Å². The number of benzene rings is 1. The van der Waals surface area contributed by atoms with Gasteiger partial charge in [-0.05, 0) is 64.0 Å². The molecule has 1 aromatic heterocycles. The van der Waals surface area contributed by atoms with Crippen LogP contribution in [0.25, 0.3) is 10.9 Å². The number of aldehydes is 1. The predicted octanol–water partition coefficient (Wildman–Crippen LogP) is 4.81. The molecule has 1 atom stereocenters. The number of aromatic nitrogens is 1. The molecule has 0 fully saturated rings. The zero-order chi connectivity index (χ0) is 21.9. The zero-order valence-corrected chi connectivity index (χ0v) is 18.1. The average Bonchev–Trinajstić information content (AvgIpc) is 2.74. The van der Waals surface area contributed by atoms with Crippen LogP contribution in [0.5, 0.6) is 0 Å². The normalized spacial score (nSPS) is 12.2. The lowest BCUT2D eigenvalue weighted by atomic mass is 10.1. The second kappa shape index (κ2) is 12.2. The van der Waals surface area contributed by atoms with Gasteiger partial charge >= 0.3 is 6.09 Å². The average molecular weight is 418 g/mol. The minimum Gasteiger partial charge on any atom is -0.449 e. The van der Waals surface area contributed by atoms with Crippen molar-refractivity contribution in [3.63, 3.8) is 0 Å². The van der Waals surface area contributed by atoms with Gasteiger partial charge in [0, 0.05) is 30.1 Å². The van der Waals surface area contributed by atoms with Gasteiger partial charge in [-0.25, -0.2) is 9.18 Å². The molecule has 1 aromatic carbocycles. The van der Waals surface area contributed by atoms with Crippen molar-refractivity contribution in [2.45, 2.75) is 52.5 Å². The Morgan fingerprint density at radius 2 is 2.00 bits per heavy atom. The first-order valence-corrected chi connectivity index (χ1v) is 10.7. The fourth-order valence-corrected chi connectivity index (χ4v) is 3.51. The van der Waals surface area contributed by atoms with E-state index in [9.17, 15) is 14.0 Å². The van der Waals surface area contributed by atoms with Crippen molar-refractivity contribution in [3.8, 4) is 0 Å². The fraction of sp³-hybridized carbons (Fsp3) is 0.522. The maximum Gasteiger partial charge on any atom is 0.414 e. The largest absolute Gasteiger partial charge is 0.449 e. The van der Waals surface area contributed by atoms with Gasteiger partial charge in [-0.2, -0.15) is 0 Å². The first kappa shape index (κ1) is 23.7. The number of fused-ring (bicyclic) bond motifs is 1. The number of pyridine rings is 1. The highest BCUT2D eigenvalue weighted by Gasteiger charge is 2.25. The predicted molar refractivity (Wildman–Crippen MR) is 117 cm³/mol. The number of ether oxygens (including phenoxy) is 1. The summed E-state index contributed by atoms with van der Waals surface area (Å²) in [5, 5.41) is 0.694. The van der Waals surface area contributed by atoms with Crippen LogP contribution < -0.4 is 4.90 Å². The van der Waals surface area contributed by atoms with Crippen LogP contribution in [0, 0.1) is 5.82 Å². The number of amides is 1. The Bertz CT molecular complexity index is 826. The van der Waals surface area contributed by atoms with Crippen molar-refractivity contribution in [2.75, 3.05) is 31.1 Å². The van der Waals surface area contributed by atoms with Crippen LogP contribution in [0.3, 0.4) is 0 Å². The monoisotopic (exact) mass is 417 g/mol. The molecular formula is C23H32FN3O3. The van der Waals surface area contributed by atoms with Crippen LogP contribution in [0.4, 0.5) is 14.9 Å². The molecule has 2 rings (SSSR count). The molecule has 0 bridgehead atoms. The molecule has 0 spiro atoms. The Morgan fingerprint density at radius 3 is 2.70 bits per heavy atom. The van der Waals surface area contributed by atoms with Crippen molar-refractivity contribution < 1.29 is 18.7 Å².